The fourth-order valence-electron chi connectivity index (χ4n) is 2.98. The molecular formula is C20H25F3N4O3. The first-order valence-corrected chi connectivity index (χ1v) is 9.44. The third-order valence-electron chi connectivity index (χ3n) is 4.18. The number of anilines is 2. The summed E-state index contributed by atoms with van der Waals surface area (Å²) in [6.07, 6.45) is -3.93. The van der Waals surface area contributed by atoms with E-state index < -0.39 is 12.1 Å². The first-order valence-electron chi connectivity index (χ1n) is 9.44. The molecule has 10 heteroatoms. The van der Waals surface area contributed by atoms with E-state index >= 15 is 0 Å². The Labute approximate surface area is 173 Å². The molecule has 0 radical (unpaired) electrons. The summed E-state index contributed by atoms with van der Waals surface area (Å²) in [5.41, 5.74) is 1.34. The minimum absolute atomic E-state index is 0.136. The number of aromatic nitrogens is 2. The minimum Gasteiger partial charge on any atom is -0.496 e. The number of ether oxygens (including phenoxy) is 2. The van der Waals surface area contributed by atoms with Crippen LogP contribution in [0.1, 0.15) is 32.9 Å². The molecule has 0 unspecified atom stereocenters. The smallest absolute Gasteiger partial charge is 0.496 e. The fraction of sp³-hybridized carbons (Fsp3) is 0.450. The van der Waals surface area contributed by atoms with Crippen LogP contribution in [0.3, 0.4) is 0 Å². The summed E-state index contributed by atoms with van der Waals surface area (Å²) in [6, 6.07) is 3.72. The van der Waals surface area contributed by atoms with E-state index in [0.717, 1.165) is 19.0 Å². The van der Waals surface area contributed by atoms with Crippen molar-refractivity contribution in [1.29, 1.82) is 0 Å². The maximum absolute atomic E-state index is 12.5. The molecule has 1 N–H and O–H groups in total. The van der Waals surface area contributed by atoms with Crippen molar-refractivity contribution in [3.63, 3.8) is 0 Å². The number of nitrogens with one attached hydrogen (secondary N) is 1. The predicted molar refractivity (Wildman–Crippen MR) is 108 cm³/mol. The van der Waals surface area contributed by atoms with Gasteiger partial charge in [0, 0.05) is 31.6 Å². The van der Waals surface area contributed by atoms with E-state index in [0.29, 0.717) is 29.3 Å². The fourth-order valence-corrected chi connectivity index (χ4v) is 2.98. The van der Waals surface area contributed by atoms with E-state index in [1.54, 1.807) is 6.92 Å². The molecule has 1 amide bonds. The summed E-state index contributed by atoms with van der Waals surface area (Å²) in [7, 11) is 1.34. The number of nitrogens with zero attached hydrogens (tertiary/aromatic N) is 3. The average Bonchev–Trinajstić information content (AvgIpc) is 2.65. The summed E-state index contributed by atoms with van der Waals surface area (Å²) in [6.45, 7) is 8.50. The maximum Gasteiger partial charge on any atom is 0.573 e. The number of hydrogen-bond donors (Lipinski definition) is 1. The van der Waals surface area contributed by atoms with E-state index in [2.05, 4.69) is 20.0 Å². The van der Waals surface area contributed by atoms with Gasteiger partial charge in [-0.1, -0.05) is 6.92 Å². The van der Waals surface area contributed by atoms with Crippen molar-refractivity contribution in [2.45, 2.75) is 40.5 Å². The van der Waals surface area contributed by atoms with E-state index in [4.69, 9.17) is 4.74 Å². The second-order valence-electron chi connectivity index (χ2n) is 6.50. The van der Waals surface area contributed by atoms with Gasteiger partial charge in [0.15, 0.2) is 11.6 Å². The van der Waals surface area contributed by atoms with Gasteiger partial charge in [-0.15, -0.1) is 13.2 Å². The average molecular weight is 426 g/mol. The molecule has 0 aliphatic heterocycles. The van der Waals surface area contributed by atoms with Crippen LogP contribution in [0.5, 0.6) is 11.5 Å². The van der Waals surface area contributed by atoms with E-state index in [1.807, 2.05) is 18.7 Å². The Balaban J connectivity index is 2.59. The van der Waals surface area contributed by atoms with Crippen LogP contribution in [0.2, 0.25) is 0 Å². The molecule has 0 bridgehead atoms. The Morgan fingerprint density at radius 2 is 1.93 bits per heavy atom. The molecular weight excluding hydrogens is 401 g/mol. The van der Waals surface area contributed by atoms with Gasteiger partial charge in [0.2, 0.25) is 5.91 Å². The summed E-state index contributed by atoms with van der Waals surface area (Å²) < 4.78 is 46.8. The number of carbonyl (C=O) groups excluding carboxylic acids is 1. The van der Waals surface area contributed by atoms with Gasteiger partial charge >= 0.3 is 6.36 Å². The Morgan fingerprint density at radius 1 is 1.23 bits per heavy atom. The SMILES string of the molecule is CCCN(CC)c1nc(C)c(-c2ccc(OC(F)(F)F)cc2OC)nc1NC(C)=O. The highest BCUT2D eigenvalue weighted by atomic mass is 19.4. The van der Waals surface area contributed by atoms with Gasteiger partial charge < -0.3 is 19.7 Å². The summed E-state index contributed by atoms with van der Waals surface area (Å²) in [5.74, 6) is 0.223. The van der Waals surface area contributed by atoms with Gasteiger partial charge in [-0.05, 0) is 32.4 Å². The zero-order chi connectivity index (χ0) is 22.5. The number of benzene rings is 1. The lowest BCUT2D eigenvalue weighted by molar-refractivity contribution is -0.274. The number of halogens is 3. The summed E-state index contributed by atoms with van der Waals surface area (Å²) >= 11 is 0. The first kappa shape index (κ1) is 23.2. The van der Waals surface area contributed by atoms with E-state index in [1.165, 1.54) is 26.2 Å². The standard InChI is InChI=1S/C20H25F3N4O3/c1-6-10-27(7-2)19-18(25-13(4)28)26-17(12(3)24-19)15-9-8-14(11-16(15)29-5)30-20(21,22)23/h8-9,11H,6-7,10H2,1-5H3,(H,25,26,28). The number of rotatable bonds is 8. The largest absolute Gasteiger partial charge is 0.573 e. The topological polar surface area (TPSA) is 76.6 Å². The van der Waals surface area contributed by atoms with Crippen molar-refractivity contribution >= 4 is 17.5 Å². The van der Waals surface area contributed by atoms with Gasteiger partial charge in [0.05, 0.1) is 18.5 Å². The highest BCUT2D eigenvalue weighted by Gasteiger charge is 2.31. The Morgan fingerprint density at radius 3 is 2.47 bits per heavy atom. The van der Waals surface area contributed by atoms with Crippen LogP contribution in [-0.4, -0.2) is 42.4 Å². The normalized spacial score (nSPS) is 11.2. The molecule has 1 aromatic heterocycles. The third-order valence-corrected chi connectivity index (χ3v) is 4.18. The van der Waals surface area contributed by atoms with Gasteiger partial charge in [-0.25, -0.2) is 9.97 Å². The second-order valence-corrected chi connectivity index (χ2v) is 6.50. The second kappa shape index (κ2) is 9.64. The predicted octanol–water partition coefficient (Wildman–Crippen LogP) is 4.55. The molecule has 7 nitrogen and oxygen atoms in total. The van der Waals surface area contributed by atoms with Crippen LogP contribution in [0.25, 0.3) is 11.3 Å². The number of methoxy groups -OCH3 is 1. The zero-order valence-electron chi connectivity index (χ0n) is 17.6. The van der Waals surface area contributed by atoms with Crippen molar-refractivity contribution in [3.8, 4) is 22.8 Å². The minimum atomic E-state index is -4.81. The third kappa shape index (κ3) is 5.74. The van der Waals surface area contributed by atoms with Crippen LogP contribution in [0, 0.1) is 6.92 Å². The Bertz CT molecular complexity index is 904. The highest BCUT2D eigenvalue weighted by Crippen LogP contribution is 2.37. The van der Waals surface area contributed by atoms with Crippen LogP contribution in [0.4, 0.5) is 24.8 Å². The number of alkyl halides is 3. The van der Waals surface area contributed by atoms with Gasteiger partial charge in [0.1, 0.15) is 11.5 Å². The molecule has 0 fully saturated rings. The quantitative estimate of drug-likeness (QED) is 0.667. The Kier molecular flexibility index (Phi) is 7.47. The lowest BCUT2D eigenvalue weighted by atomic mass is 10.1. The number of hydrogen-bond acceptors (Lipinski definition) is 6. The van der Waals surface area contributed by atoms with Crippen molar-refractivity contribution in [2.75, 3.05) is 30.4 Å². The molecule has 0 atom stereocenters. The molecule has 2 aromatic rings. The molecule has 0 spiro atoms. The number of amides is 1. The van der Waals surface area contributed by atoms with E-state index in [-0.39, 0.29) is 17.5 Å². The van der Waals surface area contributed by atoms with Gasteiger partial charge in [-0.2, -0.15) is 0 Å². The maximum atomic E-state index is 12.5. The molecule has 1 heterocycles. The molecule has 0 saturated heterocycles. The molecule has 0 aliphatic carbocycles. The number of aryl methyl sites for hydroxylation is 1. The van der Waals surface area contributed by atoms with Crippen LogP contribution >= 0.6 is 0 Å². The van der Waals surface area contributed by atoms with Crippen LogP contribution in [-0.2, 0) is 4.79 Å². The number of carbonyl (C=O) groups is 1. The van der Waals surface area contributed by atoms with E-state index in [9.17, 15) is 18.0 Å². The molecule has 0 aliphatic rings. The Hall–Kier alpha value is -3.04. The molecule has 0 saturated carbocycles. The molecule has 164 valence electrons. The van der Waals surface area contributed by atoms with Crippen LogP contribution < -0.4 is 19.7 Å². The first-order chi connectivity index (χ1) is 14.1. The molecule has 1 aromatic carbocycles. The van der Waals surface area contributed by atoms with Crippen molar-refractivity contribution < 1.29 is 27.4 Å². The monoisotopic (exact) mass is 426 g/mol. The van der Waals surface area contributed by atoms with Crippen molar-refractivity contribution in [2.24, 2.45) is 0 Å². The van der Waals surface area contributed by atoms with Crippen molar-refractivity contribution in [3.05, 3.63) is 23.9 Å². The zero-order valence-corrected chi connectivity index (χ0v) is 17.6. The molecule has 2 rings (SSSR count). The van der Waals surface area contributed by atoms with Crippen LogP contribution in [0.15, 0.2) is 18.2 Å². The lowest BCUT2D eigenvalue weighted by Gasteiger charge is -2.24. The highest BCUT2D eigenvalue weighted by molar-refractivity contribution is 5.91. The van der Waals surface area contributed by atoms with Gasteiger partial charge in [-0.3, -0.25) is 4.79 Å². The summed E-state index contributed by atoms with van der Waals surface area (Å²) in [4.78, 5) is 22.9. The van der Waals surface area contributed by atoms with Crippen molar-refractivity contribution in [1.82, 2.24) is 9.97 Å². The molecule has 30 heavy (non-hydrogen) atoms. The summed E-state index contributed by atoms with van der Waals surface area (Å²) in [5, 5.41) is 2.70. The lowest BCUT2D eigenvalue weighted by Crippen LogP contribution is -2.27. The van der Waals surface area contributed by atoms with Gasteiger partial charge in [0.25, 0.3) is 0 Å².